The van der Waals surface area contributed by atoms with Gasteiger partial charge in [0.05, 0.1) is 11.9 Å². The first-order valence-corrected chi connectivity index (χ1v) is 9.73. The van der Waals surface area contributed by atoms with Crippen molar-refractivity contribution in [3.05, 3.63) is 70.3 Å². The van der Waals surface area contributed by atoms with Gasteiger partial charge < -0.3 is 15.2 Å². The zero-order valence-corrected chi connectivity index (χ0v) is 15.9. The van der Waals surface area contributed by atoms with Crippen LogP contribution in [-0.2, 0) is 6.54 Å². The Morgan fingerprint density at radius 3 is 2.79 bits per heavy atom. The number of benzene rings is 1. The molecule has 6 nitrogen and oxygen atoms in total. The van der Waals surface area contributed by atoms with Gasteiger partial charge in [-0.3, -0.25) is 4.79 Å². The Bertz CT molecular complexity index is 1110. The number of hydrogen-bond acceptors (Lipinski definition) is 5. The summed E-state index contributed by atoms with van der Waals surface area (Å²) >= 11 is 0. The predicted octanol–water partition coefficient (Wildman–Crippen LogP) is 2.82. The number of hydrogen-bond donors (Lipinski definition) is 1. The molecule has 0 saturated carbocycles. The zero-order valence-electron chi connectivity index (χ0n) is 15.9. The first-order chi connectivity index (χ1) is 13.6. The second-order valence-corrected chi connectivity index (χ2v) is 7.88. The molecular formula is C22H23N5O. The van der Waals surface area contributed by atoms with Crippen LogP contribution in [0.4, 0.5) is 11.6 Å². The number of piperidine rings is 1. The minimum Gasteiger partial charge on any atom is -0.381 e. The van der Waals surface area contributed by atoms with Crippen LogP contribution in [0.3, 0.4) is 0 Å². The maximum Gasteiger partial charge on any atom is 0.250 e. The Balaban J connectivity index is 1.52. The van der Waals surface area contributed by atoms with E-state index in [4.69, 9.17) is 10.7 Å². The standard InChI is InChI=1S/C22H23N5O/c1-14-5-2-3-6-17(14)18-10-24-21(23)22(25-18)26-11-15-9-16(13-26)19-7-4-8-20(28)27(19)12-15/h2-8,10,15-16H,9,11-13H2,1H3,(H2,23,24). The molecule has 28 heavy (non-hydrogen) atoms. The fourth-order valence-corrected chi connectivity index (χ4v) is 4.68. The number of nitrogens with zero attached hydrogens (tertiary/aromatic N) is 4. The Morgan fingerprint density at radius 2 is 1.93 bits per heavy atom. The highest BCUT2D eigenvalue weighted by Gasteiger charge is 2.35. The van der Waals surface area contributed by atoms with Crippen molar-refractivity contribution in [2.45, 2.75) is 25.8 Å². The van der Waals surface area contributed by atoms with Crippen LogP contribution in [0.2, 0.25) is 0 Å². The molecule has 1 aromatic carbocycles. The van der Waals surface area contributed by atoms with E-state index in [0.29, 0.717) is 17.7 Å². The Morgan fingerprint density at radius 1 is 1.07 bits per heavy atom. The number of anilines is 2. The molecule has 2 aromatic heterocycles. The molecule has 1 fully saturated rings. The van der Waals surface area contributed by atoms with Gasteiger partial charge in [0.2, 0.25) is 0 Å². The maximum absolute atomic E-state index is 12.2. The third-order valence-corrected chi connectivity index (χ3v) is 5.98. The van der Waals surface area contributed by atoms with Crippen LogP contribution in [0.25, 0.3) is 11.3 Å². The van der Waals surface area contributed by atoms with Crippen molar-refractivity contribution in [1.29, 1.82) is 0 Å². The molecule has 3 aromatic rings. The van der Waals surface area contributed by atoms with Crippen LogP contribution in [0.5, 0.6) is 0 Å². The topological polar surface area (TPSA) is 77.0 Å². The largest absolute Gasteiger partial charge is 0.381 e. The molecule has 2 unspecified atom stereocenters. The number of nitrogens with two attached hydrogens (primary N) is 1. The fraction of sp³-hybridized carbons (Fsp3) is 0.318. The van der Waals surface area contributed by atoms with Crippen LogP contribution >= 0.6 is 0 Å². The summed E-state index contributed by atoms with van der Waals surface area (Å²) in [7, 11) is 0. The number of aryl methyl sites for hydroxylation is 1. The lowest BCUT2D eigenvalue weighted by Gasteiger charge is -2.43. The monoisotopic (exact) mass is 373 g/mol. The zero-order chi connectivity index (χ0) is 19.3. The van der Waals surface area contributed by atoms with Gasteiger partial charge in [-0.25, -0.2) is 9.97 Å². The summed E-state index contributed by atoms with van der Waals surface area (Å²) in [5.41, 5.74) is 10.5. The molecule has 2 aliphatic heterocycles. The van der Waals surface area contributed by atoms with Gasteiger partial charge in [0.15, 0.2) is 11.6 Å². The first-order valence-electron chi connectivity index (χ1n) is 9.73. The number of rotatable bonds is 2. The van der Waals surface area contributed by atoms with Crippen molar-refractivity contribution in [3.8, 4) is 11.3 Å². The Hall–Kier alpha value is -3.15. The third kappa shape index (κ3) is 2.76. The quantitative estimate of drug-likeness (QED) is 0.747. The fourth-order valence-electron chi connectivity index (χ4n) is 4.68. The number of fused-ring (bicyclic) bond motifs is 4. The molecular weight excluding hydrogens is 350 g/mol. The predicted molar refractivity (Wildman–Crippen MR) is 110 cm³/mol. The summed E-state index contributed by atoms with van der Waals surface area (Å²) in [6, 6.07) is 13.8. The van der Waals surface area contributed by atoms with Gasteiger partial charge in [-0.2, -0.15) is 0 Å². The van der Waals surface area contributed by atoms with E-state index in [9.17, 15) is 4.79 Å². The highest BCUT2D eigenvalue weighted by Crippen LogP contribution is 2.38. The molecule has 5 rings (SSSR count). The van der Waals surface area contributed by atoms with E-state index >= 15 is 0 Å². The normalized spacial score (nSPS) is 20.7. The van der Waals surface area contributed by atoms with Crippen molar-refractivity contribution in [1.82, 2.24) is 14.5 Å². The SMILES string of the molecule is Cc1ccccc1-c1cnc(N)c(N2CC3CC(C2)c2cccc(=O)n2C3)n1. The van der Waals surface area contributed by atoms with Gasteiger partial charge in [-0.1, -0.05) is 30.3 Å². The van der Waals surface area contributed by atoms with Gasteiger partial charge in [-0.15, -0.1) is 0 Å². The van der Waals surface area contributed by atoms with Crippen molar-refractivity contribution in [2.75, 3.05) is 23.7 Å². The van der Waals surface area contributed by atoms with Crippen LogP contribution in [0.15, 0.2) is 53.5 Å². The van der Waals surface area contributed by atoms with E-state index in [1.165, 1.54) is 0 Å². The molecule has 2 N–H and O–H groups in total. The summed E-state index contributed by atoms with van der Waals surface area (Å²) in [4.78, 5) is 23.8. The van der Waals surface area contributed by atoms with Crippen molar-refractivity contribution >= 4 is 11.6 Å². The van der Waals surface area contributed by atoms with Gasteiger partial charge in [-0.05, 0) is 30.9 Å². The van der Waals surface area contributed by atoms with Crippen molar-refractivity contribution in [2.24, 2.45) is 5.92 Å². The molecule has 1 saturated heterocycles. The number of aromatic nitrogens is 3. The second-order valence-electron chi connectivity index (χ2n) is 7.88. The van der Waals surface area contributed by atoms with E-state index in [1.54, 1.807) is 12.3 Å². The summed E-state index contributed by atoms with van der Waals surface area (Å²) in [5.74, 6) is 1.93. The Kier molecular flexibility index (Phi) is 3.93. The minimum absolute atomic E-state index is 0.0986. The van der Waals surface area contributed by atoms with Crippen molar-refractivity contribution < 1.29 is 0 Å². The van der Waals surface area contributed by atoms with Gasteiger partial charge in [0.1, 0.15) is 0 Å². The van der Waals surface area contributed by atoms with E-state index in [0.717, 1.165) is 54.4 Å². The van der Waals surface area contributed by atoms with E-state index in [-0.39, 0.29) is 5.56 Å². The average Bonchev–Trinajstić information content (AvgIpc) is 2.70. The average molecular weight is 373 g/mol. The lowest BCUT2D eigenvalue weighted by atomic mass is 9.83. The maximum atomic E-state index is 12.2. The minimum atomic E-state index is 0.0986. The van der Waals surface area contributed by atoms with Gasteiger partial charge in [0.25, 0.3) is 5.56 Å². The van der Waals surface area contributed by atoms with Crippen molar-refractivity contribution in [3.63, 3.8) is 0 Å². The van der Waals surface area contributed by atoms with Crippen LogP contribution in [0.1, 0.15) is 23.6 Å². The summed E-state index contributed by atoms with van der Waals surface area (Å²) in [6.07, 6.45) is 2.85. The van der Waals surface area contributed by atoms with E-state index in [1.807, 2.05) is 22.8 Å². The lowest BCUT2D eigenvalue weighted by molar-refractivity contribution is 0.280. The number of pyridine rings is 1. The smallest absolute Gasteiger partial charge is 0.250 e. The summed E-state index contributed by atoms with van der Waals surface area (Å²) in [6.45, 7) is 4.48. The van der Waals surface area contributed by atoms with Crippen LogP contribution < -0.4 is 16.2 Å². The summed E-state index contributed by atoms with van der Waals surface area (Å²) in [5, 5.41) is 0. The molecule has 2 bridgehead atoms. The van der Waals surface area contributed by atoms with Gasteiger partial charge in [0, 0.05) is 42.9 Å². The number of nitrogen functional groups attached to an aromatic ring is 1. The van der Waals surface area contributed by atoms with E-state index < -0.39 is 0 Å². The van der Waals surface area contributed by atoms with E-state index in [2.05, 4.69) is 35.0 Å². The first kappa shape index (κ1) is 17.0. The molecule has 142 valence electrons. The Labute approximate surface area is 163 Å². The second kappa shape index (κ2) is 6.48. The molecule has 0 amide bonds. The highest BCUT2D eigenvalue weighted by atomic mass is 16.1. The highest BCUT2D eigenvalue weighted by molar-refractivity contribution is 5.68. The van der Waals surface area contributed by atoms with Crippen LogP contribution in [0, 0.1) is 12.8 Å². The molecule has 2 atom stereocenters. The molecule has 6 heteroatoms. The van der Waals surface area contributed by atoms with Gasteiger partial charge >= 0.3 is 0 Å². The lowest BCUT2D eigenvalue weighted by Crippen LogP contribution is -2.47. The third-order valence-electron chi connectivity index (χ3n) is 5.98. The molecule has 2 aliphatic rings. The molecule has 0 spiro atoms. The molecule has 0 radical (unpaired) electrons. The summed E-state index contributed by atoms with van der Waals surface area (Å²) < 4.78 is 1.94. The molecule has 4 heterocycles. The molecule has 0 aliphatic carbocycles. The van der Waals surface area contributed by atoms with Crippen LogP contribution in [-0.4, -0.2) is 27.6 Å².